The summed E-state index contributed by atoms with van der Waals surface area (Å²) in [6.45, 7) is -0.270. The first kappa shape index (κ1) is 21.1. The van der Waals surface area contributed by atoms with E-state index in [9.17, 15) is 26.4 Å². The van der Waals surface area contributed by atoms with Crippen molar-refractivity contribution >= 4 is 16.0 Å². The zero-order chi connectivity index (χ0) is 21.2. The third-order valence-corrected chi connectivity index (χ3v) is 6.32. The van der Waals surface area contributed by atoms with Gasteiger partial charge in [0.2, 0.25) is 10.0 Å². The van der Waals surface area contributed by atoms with Crippen LogP contribution in [0.4, 0.5) is 13.2 Å². The summed E-state index contributed by atoms with van der Waals surface area (Å²) in [5, 5.41) is 0. The average molecular weight is 429 g/mol. The van der Waals surface area contributed by atoms with Crippen molar-refractivity contribution in [3.05, 3.63) is 65.5 Å². The van der Waals surface area contributed by atoms with Crippen LogP contribution >= 0.6 is 0 Å². The molecule has 1 saturated heterocycles. The van der Waals surface area contributed by atoms with Crippen LogP contribution in [0.5, 0.6) is 5.75 Å². The van der Waals surface area contributed by atoms with Gasteiger partial charge in [-0.1, -0.05) is 12.1 Å². The van der Waals surface area contributed by atoms with E-state index < -0.39 is 51.3 Å². The van der Waals surface area contributed by atoms with Crippen LogP contribution in [-0.2, 0) is 25.3 Å². The third kappa shape index (κ3) is 4.70. The Hall–Kier alpha value is -2.59. The van der Waals surface area contributed by atoms with E-state index in [0.717, 1.165) is 29.6 Å². The largest absolute Gasteiger partial charge is 0.486 e. The van der Waals surface area contributed by atoms with Crippen molar-refractivity contribution in [1.82, 2.24) is 4.31 Å². The number of nitrogens with zero attached hydrogens (tertiary/aromatic N) is 1. The molecule has 0 spiro atoms. The second-order valence-electron chi connectivity index (χ2n) is 6.51. The number of carbonyl (C=O) groups excluding carboxylic acids is 1. The number of carbonyl (C=O) groups is 1. The fourth-order valence-electron chi connectivity index (χ4n) is 3.16. The monoisotopic (exact) mass is 429 g/mol. The Kier molecular flexibility index (Phi) is 6.13. The van der Waals surface area contributed by atoms with Gasteiger partial charge in [-0.2, -0.15) is 4.31 Å². The Morgan fingerprint density at radius 2 is 1.86 bits per heavy atom. The highest BCUT2D eigenvalue weighted by atomic mass is 32.2. The zero-order valence-electron chi connectivity index (χ0n) is 15.3. The standard InChI is InChI=1S/C19H18F3NO5S/c1-27-19(24)17-9-14(28-18-5-3-2-4-16(18)22)10-23(17)29(25,26)11-12-8-13(20)6-7-15(12)21/h2-8,14,17H,9-11H2,1H3. The van der Waals surface area contributed by atoms with Crippen LogP contribution in [0, 0.1) is 17.5 Å². The van der Waals surface area contributed by atoms with Gasteiger partial charge in [0, 0.05) is 12.0 Å². The Bertz CT molecular complexity index is 1010. The van der Waals surface area contributed by atoms with Gasteiger partial charge in [0.1, 0.15) is 23.8 Å². The number of methoxy groups -OCH3 is 1. The van der Waals surface area contributed by atoms with Gasteiger partial charge in [-0.3, -0.25) is 4.79 Å². The Labute approximate surface area is 165 Å². The number of halogens is 3. The number of rotatable bonds is 6. The number of benzene rings is 2. The molecule has 0 bridgehead atoms. The molecule has 2 unspecified atom stereocenters. The predicted molar refractivity (Wildman–Crippen MR) is 96.9 cm³/mol. The SMILES string of the molecule is COC(=O)C1CC(Oc2ccccc2F)CN1S(=O)(=O)Cc1cc(F)ccc1F. The lowest BCUT2D eigenvalue weighted by Gasteiger charge is -2.22. The minimum absolute atomic E-state index is 0.0775. The topological polar surface area (TPSA) is 72.9 Å². The maximum atomic E-state index is 13.9. The number of hydrogen-bond donors (Lipinski definition) is 0. The number of esters is 1. The summed E-state index contributed by atoms with van der Waals surface area (Å²) in [6.07, 6.45) is -0.908. The fourth-order valence-corrected chi connectivity index (χ4v) is 4.90. The first-order valence-corrected chi connectivity index (χ1v) is 10.2. The van der Waals surface area contributed by atoms with Gasteiger partial charge in [-0.25, -0.2) is 21.6 Å². The lowest BCUT2D eigenvalue weighted by atomic mass is 10.2. The number of sulfonamides is 1. The molecule has 1 aliphatic heterocycles. The molecule has 0 aromatic heterocycles. The minimum Gasteiger partial charge on any atom is -0.486 e. The van der Waals surface area contributed by atoms with Crippen molar-refractivity contribution in [2.75, 3.05) is 13.7 Å². The summed E-state index contributed by atoms with van der Waals surface area (Å²) < 4.78 is 77.9. The smallest absolute Gasteiger partial charge is 0.324 e. The zero-order valence-corrected chi connectivity index (χ0v) is 16.2. The van der Waals surface area contributed by atoms with E-state index in [0.29, 0.717) is 0 Å². The van der Waals surface area contributed by atoms with Gasteiger partial charge in [-0.05, 0) is 30.3 Å². The fraction of sp³-hybridized carbons (Fsp3) is 0.316. The quantitative estimate of drug-likeness (QED) is 0.661. The van der Waals surface area contributed by atoms with Crippen LogP contribution in [0.25, 0.3) is 0 Å². The second-order valence-corrected chi connectivity index (χ2v) is 8.43. The van der Waals surface area contributed by atoms with Crippen molar-refractivity contribution in [3.63, 3.8) is 0 Å². The molecule has 3 rings (SSSR count). The van der Waals surface area contributed by atoms with Crippen molar-refractivity contribution < 1.29 is 35.9 Å². The summed E-state index contributed by atoms with van der Waals surface area (Å²) in [5.74, 6) is -4.07. The molecular weight excluding hydrogens is 411 g/mol. The summed E-state index contributed by atoms with van der Waals surface area (Å²) >= 11 is 0. The summed E-state index contributed by atoms with van der Waals surface area (Å²) in [5.41, 5.74) is -0.368. The van der Waals surface area contributed by atoms with Crippen LogP contribution in [0.15, 0.2) is 42.5 Å². The van der Waals surface area contributed by atoms with E-state index >= 15 is 0 Å². The molecule has 0 radical (unpaired) electrons. The van der Waals surface area contributed by atoms with Crippen molar-refractivity contribution in [1.29, 1.82) is 0 Å². The number of hydrogen-bond acceptors (Lipinski definition) is 5. The number of ether oxygens (including phenoxy) is 2. The molecule has 2 aromatic carbocycles. The van der Waals surface area contributed by atoms with Crippen molar-refractivity contribution in [3.8, 4) is 5.75 Å². The van der Waals surface area contributed by atoms with Gasteiger partial charge >= 0.3 is 5.97 Å². The summed E-state index contributed by atoms with van der Waals surface area (Å²) in [7, 11) is -3.14. The van der Waals surface area contributed by atoms with Crippen LogP contribution in [0.1, 0.15) is 12.0 Å². The van der Waals surface area contributed by atoms with Crippen molar-refractivity contribution in [2.24, 2.45) is 0 Å². The molecule has 0 amide bonds. The maximum absolute atomic E-state index is 13.9. The van der Waals surface area contributed by atoms with Gasteiger partial charge < -0.3 is 9.47 Å². The van der Waals surface area contributed by atoms with E-state index in [-0.39, 0.29) is 24.3 Å². The first-order chi connectivity index (χ1) is 13.7. The van der Waals surface area contributed by atoms with Crippen molar-refractivity contribution in [2.45, 2.75) is 24.3 Å². The Morgan fingerprint density at radius 1 is 1.14 bits per heavy atom. The molecule has 1 heterocycles. The molecule has 6 nitrogen and oxygen atoms in total. The van der Waals surface area contributed by atoms with E-state index in [2.05, 4.69) is 4.74 Å². The first-order valence-electron chi connectivity index (χ1n) is 8.63. The van der Waals surface area contributed by atoms with E-state index in [1.807, 2.05) is 0 Å². The van der Waals surface area contributed by atoms with Crippen LogP contribution < -0.4 is 4.74 Å². The van der Waals surface area contributed by atoms with Gasteiger partial charge in [-0.15, -0.1) is 0 Å². The van der Waals surface area contributed by atoms with Gasteiger partial charge in [0.25, 0.3) is 0 Å². The predicted octanol–water partition coefficient (Wildman–Crippen LogP) is 2.63. The van der Waals surface area contributed by atoms with Gasteiger partial charge in [0.15, 0.2) is 11.6 Å². The minimum atomic E-state index is -4.24. The third-order valence-electron chi connectivity index (χ3n) is 4.52. The Balaban J connectivity index is 1.85. The summed E-state index contributed by atoms with van der Waals surface area (Å²) in [6, 6.07) is 6.83. The normalized spacial score (nSPS) is 19.9. The maximum Gasteiger partial charge on any atom is 0.324 e. The molecule has 2 aromatic rings. The molecule has 0 N–H and O–H groups in total. The van der Waals surface area contributed by atoms with Gasteiger partial charge in [0.05, 0.1) is 19.4 Å². The van der Waals surface area contributed by atoms with Crippen LogP contribution in [0.2, 0.25) is 0 Å². The molecule has 156 valence electrons. The van der Waals surface area contributed by atoms with E-state index in [4.69, 9.17) is 4.74 Å². The van der Waals surface area contributed by atoms with Crippen LogP contribution in [-0.4, -0.2) is 44.5 Å². The lowest BCUT2D eigenvalue weighted by molar-refractivity contribution is -0.144. The molecule has 29 heavy (non-hydrogen) atoms. The molecule has 10 heteroatoms. The number of para-hydroxylation sites is 1. The highest BCUT2D eigenvalue weighted by Crippen LogP contribution is 2.29. The molecular formula is C19H18F3NO5S. The molecule has 0 saturated carbocycles. The van der Waals surface area contributed by atoms with Crippen LogP contribution in [0.3, 0.4) is 0 Å². The lowest BCUT2D eigenvalue weighted by Crippen LogP contribution is -2.41. The van der Waals surface area contributed by atoms with E-state index in [1.54, 1.807) is 6.07 Å². The summed E-state index contributed by atoms with van der Waals surface area (Å²) in [4.78, 5) is 12.1. The molecule has 2 atom stereocenters. The Morgan fingerprint density at radius 3 is 2.55 bits per heavy atom. The molecule has 1 fully saturated rings. The average Bonchev–Trinajstić information content (AvgIpc) is 3.11. The molecule has 1 aliphatic rings. The van der Waals surface area contributed by atoms with E-state index in [1.165, 1.54) is 18.2 Å². The second kappa shape index (κ2) is 8.42. The highest BCUT2D eigenvalue weighted by molar-refractivity contribution is 7.88. The molecule has 0 aliphatic carbocycles. The highest BCUT2D eigenvalue weighted by Gasteiger charge is 2.45.